The molecular formula is C36H34N2O6. The molecule has 0 radical (unpaired) electrons. The maximum absolute atomic E-state index is 14.6. The van der Waals surface area contributed by atoms with Crippen molar-refractivity contribution in [1.29, 1.82) is 0 Å². The number of rotatable bonds is 13. The van der Waals surface area contributed by atoms with E-state index in [2.05, 4.69) is 17.1 Å². The summed E-state index contributed by atoms with van der Waals surface area (Å²) in [7, 11) is 3.10. The number of benzene rings is 3. The van der Waals surface area contributed by atoms with Crippen LogP contribution in [0.25, 0.3) is 0 Å². The number of carbonyl (C=O) groups is 3. The highest BCUT2D eigenvalue weighted by atomic mass is 16.5. The van der Waals surface area contributed by atoms with Gasteiger partial charge in [-0.3, -0.25) is 19.6 Å². The lowest BCUT2D eigenvalue weighted by Gasteiger charge is -2.34. The molecule has 3 aromatic rings. The maximum atomic E-state index is 14.6. The monoisotopic (exact) mass is 590 g/mol. The van der Waals surface area contributed by atoms with Crippen molar-refractivity contribution in [2.75, 3.05) is 14.2 Å². The molecule has 2 heterocycles. The Labute approximate surface area is 256 Å². The zero-order valence-corrected chi connectivity index (χ0v) is 24.9. The van der Waals surface area contributed by atoms with Gasteiger partial charge in [0.2, 0.25) is 0 Å². The van der Waals surface area contributed by atoms with Gasteiger partial charge in [0, 0.05) is 23.6 Å². The molecule has 3 unspecified atom stereocenters. The first-order valence-corrected chi connectivity index (χ1v) is 14.4. The van der Waals surface area contributed by atoms with Gasteiger partial charge in [0.1, 0.15) is 11.5 Å². The van der Waals surface area contributed by atoms with Crippen LogP contribution in [0.5, 0.6) is 11.5 Å². The van der Waals surface area contributed by atoms with E-state index >= 15 is 0 Å². The predicted molar refractivity (Wildman–Crippen MR) is 169 cm³/mol. The van der Waals surface area contributed by atoms with Gasteiger partial charge in [-0.25, -0.2) is 4.79 Å². The Bertz CT molecular complexity index is 1640. The van der Waals surface area contributed by atoms with Gasteiger partial charge < -0.3 is 14.6 Å². The molecular weight excluding hydrogens is 556 g/mol. The Morgan fingerprint density at radius 1 is 0.864 bits per heavy atom. The Morgan fingerprint density at radius 2 is 1.50 bits per heavy atom. The van der Waals surface area contributed by atoms with Crippen molar-refractivity contribution in [3.05, 3.63) is 119 Å². The quantitative estimate of drug-likeness (QED) is 0.197. The standard InChI is InChI=1S/C36H34N2O6/c1-24-29(43-2)22-27(23-30(24)44-3)32(39)31(35(18-8-20-37-35)17-7-12-25-10-5-4-6-11-25)26-13-15-28(16-14-26)36(19-9-21-38-36)33(40)34(41)42/h4-6,8-11,13-16,18-23,31H,7,12,17H2,1-3H3,(H,41,42). The Balaban J connectivity index is 1.59. The minimum atomic E-state index is -1.65. The van der Waals surface area contributed by atoms with Crippen molar-refractivity contribution >= 4 is 30.0 Å². The first-order valence-electron chi connectivity index (χ1n) is 14.4. The summed E-state index contributed by atoms with van der Waals surface area (Å²) in [6, 6.07) is 20.5. The van der Waals surface area contributed by atoms with Crippen LogP contribution in [0.4, 0.5) is 0 Å². The van der Waals surface area contributed by atoms with Crippen molar-refractivity contribution < 1.29 is 29.0 Å². The number of aryl methyl sites for hydroxylation is 1. The third kappa shape index (κ3) is 5.63. The van der Waals surface area contributed by atoms with Gasteiger partial charge in [-0.1, -0.05) is 60.7 Å². The van der Waals surface area contributed by atoms with Gasteiger partial charge in [0.25, 0.3) is 5.78 Å². The molecule has 224 valence electrons. The summed E-state index contributed by atoms with van der Waals surface area (Å²) in [5, 5.41) is 9.51. The molecule has 1 N–H and O–H groups in total. The number of hydrogen-bond donors (Lipinski definition) is 1. The summed E-state index contributed by atoms with van der Waals surface area (Å²) >= 11 is 0. The van der Waals surface area contributed by atoms with E-state index in [1.54, 1.807) is 62.9 Å². The summed E-state index contributed by atoms with van der Waals surface area (Å²) < 4.78 is 11.2. The first-order chi connectivity index (χ1) is 21.2. The molecule has 0 aliphatic carbocycles. The lowest BCUT2D eigenvalue weighted by Crippen LogP contribution is -2.38. The first kappa shape index (κ1) is 30.4. The van der Waals surface area contributed by atoms with E-state index < -0.39 is 28.7 Å². The van der Waals surface area contributed by atoms with Crippen molar-refractivity contribution in [3.63, 3.8) is 0 Å². The average Bonchev–Trinajstić information content (AvgIpc) is 3.73. The van der Waals surface area contributed by atoms with E-state index in [0.717, 1.165) is 18.4 Å². The van der Waals surface area contributed by atoms with Gasteiger partial charge in [-0.05, 0) is 73.2 Å². The van der Waals surface area contributed by atoms with Gasteiger partial charge in [0.05, 0.1) is 25.7 Å². The summed E-state index contributed by atoms with van der Waals surface area (Å²) in [6.07, 6.45) is 12.2. The van der Waals surface area contributed by atoms with Crippen LogP contribution in [0, 0.1) is 6.92 Å². The number of aliphatic imine (C=N–C) groups is 2. The van der Waals surface area contributed by atoms with Crippen LogP contribution in [-0.4, -0.2) is 54.8 Å². The summed E-state index contributed by atoms with van der Waals surface area (Å²) in [5.74, 6) is -2.48. The number of ether oxygens (including phenoxy) is 2. The lowest BCUT2D eigenvalue weighted by molar-refractivity contribution is -0.151. The van der Waals surface area contributed by atoms with E-state index in [4.69, 9.17) is 14.5 Å². The Hall–Kier alpha value is -5.11. The SMILES string of the molecule is COc1cc(C(=O)C(c2ccc(C3(C(=O)C(=O)O)C=CC=N3)cc2)C2(CCCc3ccccc3)C=CC=N2)cc(OC)c1C. The number of methoxy groups -OCH3 is 2. The van der Waals surface area contributed by atoms with Crippen LogP contribution in [0.3, 0.4) is 0 Å². The molecule has 0 saturated heterocycles. The largest absolute Gasteiger partial charge is 0.496 e. The van der Waals surface area contributed by atoms with Gasteiger partial charge in [0.15, 0.2) is 11.3 Å². The number of Topliss-reactive ketones (excluding diaryl/α,β-unsaturated/α-hetero) is 2. The van der Waals surface area contributed by atoms with Crippen LogP contribution in [0.2, 0.25) is 0 Å². The molecule has 2 aliphatic rings. The topological polar surface area (TPSA) is 115 Å². The molecule has 8 nitrogen and oxygen atoms in total. The molecule has 2 aliphatic heterocycles. The minimum absolute atomic E-state index is 0.173. The van der Waals surface area contributed by atoms with Crippen molar-refractivity contribution in [2.24, 2.45) is 9.98 Å². The van der Waals surface area contributed by atoms with E-state index in [1.165, 1.54) is 17.9 Å². The molecule has 0 amide bonds. The van der Waals surface area contributed by atoms with Crippen molar-refractivity contribution in [1.82, 2.24) is 0 Å². The third-order valence-corrected chi connectivity index (χ3v) is 8.40. The molecule has 0 aromatic heterocycles. The molecule has 0 fully saturated rings. The molecule has 3 aromatic carbocycles. The average molecular weight is 591 g/mol. The number of hydrogen-bond acceptors (Lipinski definition) is 7. The summed E-state index contributed by atoms with van der Waals surface area (Å²) in [5.41, 5.74) is 0.933. The zero-order chi connectivity index (χ0) is 31.3. The number of carboxylic acids is 1. The summed E-state index contributed by atoms with van der Waals surface area (Å²) in [6.45, 7) is 1.87. The minimum Gasteiger partial charge on any atom is -0.496 e. The van der Waals surface area contributed by atoms with Crippen LogP contribution < -0.4 is 9.47 Å². The molecule has 3 atom stereocenters. The zero-order valence-electron chi connectivity index (χ0n) is 24.9. The number of aliphatic carboxylic acids is 1. The van der Waals surface area contributed by atoms with Crippen molar-refractivity contribution in [3.8, 4) is 11.5 Å². The molecule has 0 saturated carbocycles. The third-order valence-electron chi connectivity index (χ3n) is 8.40. The smallest absolute Gasteiger partial charge is 0.375 e. The highest BCUT2D eigenvalue weighted by molar-refractivity contribution is 6.37. The predicted octanol–water partition coefficient (Wildman–Crippen LogP) is 5.87. The second-order valence-corrected chi connectivity index (χ2v) is 10.9. The van der Waals surface area contributed by atoms with Crippen molar-refractivity contribution in [2.45, 2.75) is 43.2 Å². The van der Waals surface area contributed by atoms with Crippen LogP contribution in [0.15, 0.2) is 101 Å². The highest BCUT2D eigenvalue weighted by Crippen LogP contribution is 2.43. The van der Waals surface area contributed by atoms with E-state index in [9.17, 15) is 19.5 Å². The van der Waals surface area contributed by atoms with E-state index in [0.29, 0.717) is 34.6 Å². The van der Waals surface area contributed by atoms with E-state index in [-0.39, 0.29) is 5.78 Å². The fourth-order valence-electron chi connectivity index (χ4n) is 6.09. The number of nitrogens with zero attached hydrogens (tertiary/aromatic N) is 2. The van der Waals surface area contributed by atoms with Crippen LogP contribution >= 0.6 is 0 Å². The summed E-state index contributed by atoms with van der Waals surface area (Å²) in [4.78, 5) is 48.2. The molecule has 0 spiro atoms. The van der Waals surface area contributed by atoms with Gasteiger partial charge in [-0.15, -0.1) is 0 Å². The fraction of sp³-hybridized carbons (Fsp3) is 0.250. The molecule has 0 bridgehead atoms. The van der Waals surface area contributed by atoms with Crippen LogP contribution in [0.1, 0.15) is 51.4 Å². The number of carbonyl (C=O) groups excluding carboxylic acids is 2. The number of ketones is 2. The van der Waals surface area contributed by atoms with Gasteiger partial charge in [-0.2, -0.15) is 0 Å². The lowest BCUT2D eigenvalue weighted by atomic mass is 9.72. The normalized spacial score (nSPS) is 20.5. The Morgan fingerprint density at radius 3 is 2.05 bits per heavy atom. The van der Waals surface area contributed by atoms with Crippen LogP contribution in [-0.2, 0) is 21.5 Å². The number of carboxylic acid groups (broad SMARTS) is 1. The number of allylic oxidation sites excluding steroid dienone is 2. The molecule has 8 heteroatoms. The highest BCUT2D eigenvalue weighted by Gasteiger charge is 2.45. The second kappa shape index (κ2) is 12.6. The fourth-order valence-corrected chi connectivity index (χ4v) is 6.09. The molecule has 44 heavy (non-hydrogen) atoms. The van der Waals surface area contributed by atoms with E-state index in [1.807, 2.05) is 37.3 Å². The second-order valence-electron chi connectivity index (χ2n) is 10.9. The maximum Gasteiger partial charge on any atom is 0.375 e. The van der Waals surface area contributed by atoms with Gasteiger partial charge >= 0.3 is 5.97 Å². The Kier molecular flexibility index (Phi) is 8.71. The molecule has 5 rings (SSSR count).